The Hall–Kier alpha value is -2.63. The predicted molar refractivity (Wildman–Crippen MR) is 96.5 cm³/mol. The summed E-state index contributed by atoms with van der Waals surface area (Å²) in [5.74, 6) is 0.362. The Morgan fingerprint density at radius 1 is 1.24 bits per heavy atom. The number of nitrogens with one attached hydrogen (secondary N) is 1. The Bertz CT molecular complexity index is 988. The molecule has 3 heterocycles. The molecule has 25 heavy (non-hydrogen) atoms. The van der Waals surface area contributed by atoms with Crippen molar-refractivity contribution < 1.29 is 4.79 Å². The van der Waals surface area contributed by atoms with E-state index in [0.29, 0.717) is 17.1 Å². The molecule has 6 nitrogen and oxygen atoms in total. The first kappa shape index (κ1) is 15.9. The third-order valence-corrected chi connectivity index (χ3v) is 5.25. The standard InChI is InChI=1S/C19H22N4O2/c1-13-6-2-3-7-14(13)21-17(24)12-23-18-15(8-4-10-20-18)22-11-5-9-16(22)19(23)25/h4-5,8-11,13-14H,2-3,6-7,12H2,1H3,(H,21,24)/t13-,14+/m1/s1. The van der Waals surface area contributed by atoms with Crippen LogP contribution >= 0.6 is 0 Å². The second kappa shape index (κ2) is 6.35. The van der Waals surface area contributed by atoms with E-state index in [0.717, 1.165) is 24.8 Å². The van der Waals surface area contributed by atoms with Gasteiger partial charge in [0.2, 0.25) is 5.91 Å². The zero-order valence-corrected chi connectivity index (χ0v) is 14.3. The molecule has 4 rings (SSSR count). The first-order valence-corrected chi connectivity index (χ1v) is 8.89. The third kappa shape index (κ3) is 2.81. The maximum absolute atomic E-state index is 12.8. The lowest BCUT2D eigenvalue weighted by Crippen LogP contribution is -2.43. The van der Waals surface area contributed by atoms with Crippen LogP contribution in [0.4, 0.5) is 0 Å². The fourth-order valence-corrected chi connectivity index (χ4v) is 3.86. The number of aromatic nitrogens is 3. The van der Waals surface area contributed by atoms with Gasteiger partial charge >= 0.3 is 0 Å². The van der Waals surface area contributed by atoms with Gasteiger partial charge < -0.3 is 9.72 Å². The average Bonchev–Trinajstić information content (AvgIpc) is 3.11. The topological polar surface area (TPSA) is 68.4 Å². The van der Waals surface area contributed by atoms with Crippen molar-refractivity contribution in [1.29, 1.82) is 0 Å². The normalized spacial score (nSPS) is 20.8. The maximum atomic E-state index is 12.8. The molecule has 0 unspecified atom stereocenters. The number of carbonyl (C=O) groups is 1. The summed E-state index contributed by atoms with van der Waals surface area (Å²) < 4.78 is 3.30. The molecule has 0 saturated heterocycles. The van der Waals surface area contributed by atoms with E-state index < -0.39 is 0 Å². The van der Waals surface area contributed by atoms with E-state index in [1.165, 1.54) is 11.0 Å². The Kier molecular flexibility index (Phi) is 4.03. The summed E-state index contributed by atoms with van der Waals surface area (Å²) >= 11 is 0. The number of carbonyl (C=O) groups excluding carboxylic acids is 1. The molecule has 0 aliphatic heterocycles. The van der Waals surface area contributed by atoms with Crippen LogP contribution in [0.1, 0.15) is 32.6 Å². The number of pyridine rings is 1. The van der Waals surface area contributed by atoms with E-state index in [-0.39, 0.29) is 24.1 Å². The maximum Gasteiger partial charge on any atom is 0.276 e. The van der Waals surface area contributed by atoms with Crippen molar-refractivity contribution in [2.24, 2.45) is 5.92 Å². The van der Waals surface area contributed by atoms with Gasteiger partial charge in [-0.1, -0.05) is 19.8 Å². The highest BCUT2D eigenvalue weighted by Gasteiger charge is 2.23. The van der Waals surface area contributed by atoms with E-state index in [4.69, 9.17) is 0 Å². The molecule has 1 fully saturated rings. The van der Waals surface area contributed by atoms with Gasteiger partial charge in [0.15, 0.2) is 5.65 Å². The molecule has 1 amide bonds. The smallest absolute Gasteiger partial charge is 0.276 e. The van der Waals surface area contributed by atoms with E-state index in [1.807, 2.05) is 28.8 Å². The summed E-state index contributed by atoms with van der Waals surface area (Å²) in [6, 6.07) is 7.55. The molecule has 1 aliphatic rings. The first-order chi connectivity index (χ1) is 12.1. The van der Waals surface area contributed by atoms with Crippen LogP contribution < -0.4 is 10.9 Å². The number of hydrogen-bond donors (Lipinski definition) is 1. The summed E-state index contributed by atoms with van der Waals surface area (Å²) in [6.07, 6.45) is 8.02. The molecular weight excluding hydrogens is 316 g/mol. The minimum Gasteiger partial charge on any atom is -0.352 e. The molecule has 6 heteroatoms. The molecular formula is C19H22N4O2. The SMILES string of the molecule is C[C@@H]1CCCC[C@@H]1NC(=O)Cn1c(=O)c2cccn2c2cccnc21. The van der Waals surface area contributed by atoms with Crippen LogP contribution in [0.15, 0.2) is 41.5 Å². The molecule has 3 aromatic heterocycles. The Labute approximate surface area is 145 Å². The fourth-order valence-electron chi connectivity index (χ4n) is 3.86. The van der Waals surface area contributed by atoms with E-state index >= 15 is 0 Å². The van der Waals surface area contributed by atoms with Gasteiger partial charge in [0.25, 0.3) is 5.56 Å². The van der Waals surface area contributed by atoms with E-state index in [1.54, 1.807) is 12.3 Å². The van der Waals surface area contributed by atoms with Gasteiger partial charge in [0.1, 0.15) is 12.1 Å². The molecule has 2 atom stereocenters. The van der Waals surface area contributed by atoms with Gasteiger partial charge in [-0.2, -0.15) is 0 Å². The lowest BCUT2D eigenvalue weighted by Gasteiger charge is -2.29. The molecule has 130 valence electrons. The van der Waals surface area contributed by atoms with Gasteiger partial charge in [0, 0.05) is 18.4 Å². The number of fused-ring (bicyclic) bond motifs is 3. The minimum atomic E-state index is -0.192. The highest BCUT2D eigenvalue weighted by Crippen LogP contribution is 2.23. The number of amides is 1. The summed E-state index contributed by atoms with van der Waals surface area (Å²) in [5.41, 5.74) is 1.71. The van der Waals surface area contributed by atoms with Crippen LogP contribution in [0.25, 0.3) is 16.7 Å². The van der Waals surface area contributed by atoms with Gasteiger partial charge in [-0.3, -0.25) is 14.2 Å². The molecule has 0 radical (unpaired) electrons. The van der Waals surface area contributed by atoms with Crippen molar-refractivity contribution >= 4 is 22.6 Å². The van der Waals surface area contributed by atoms with Crippen LogP contribution in [-0.4, -0.2) is 25.9 Å². The summed E-state index contributed by atoms with van der Waals surface area (Å²) in [6.45, 7) is 2.18. The second-order valence-corrected chi connectivity index (χ2v) is 6.94. The lowest BCUT2D eigenvalue weighted by molar-refractivity contribution is -0.122. The van der Waals surface area contributed by atoms with Gasteiger partial charge in [0.05, 0.1) is 5.52 Å². The van der Waals surface area contributed by atoms with Crippen molar-refractivity contribution in [1.82, 2.24) is 19.3 Å². The average molecular weight is 338 g/mol. The minimum absolute atomic E-state index is 0.00273. The van der Waals surface area contributed by atoms with Crippen LogP contribution in [0, 0.1) is 5.92 Å². The van der Waals surface area contributed by atoms with Crippen LogP contribution in [0.2, 0.25) is 0 Å². The quantitative estimate of drug-likeness (QED) is 0.797. The molecule has 3 aromatic rings. The summed E-state index contributed by atoms with van der Waals surface area (Å²) in [7, 11) is 0. The first-order valence-electron chi connectivity index (χ1n) is 8.89. The monoisotopic (exact) mass is 338 g/mol. The highest BCUT2D eigenvalue weighted by molar-refractivity contribution is 5.80. The van der Waals surface area contributed by atoms with Crippen molar-refractivity contribution in [2.45, 2.75) is 45.2 Å². The Morgan fingerprint density at radius 2 is 2.04 bits per heavy atom. The Morgan fingerprint density at radius 3 is 2.88 bits per heavy atom. The number of nitrogens with zero attached hydrogens (tertiary/aromatic N) is 3. The molecule has 0 spiro atoms. The van der Waals surface area contributed by atoms with Crippen LogP contribution in [-0.2, 0) is 11.3 Å². The lowest BCUT2D eigenvalue weighted by atomic mass is 9.86. The van der Waals surface area contributed by atoms with Gasteiger partial charge in [-0.05, 0) is 43.0 Å². The van der Waals surface area contributed by atoms with Crippen LogP contribution in [0.5, 0.6) is 0 Å². The van der Waals surface area contributed by atoms with Crippen molar-refractivity contribution in [2.75, 3.05) is 0 Å². The summed E-state index contributed by atoms with van der Waals surface area (Å²) in [4.78, 5) is 29.8. The fraction of sp³-hybridized carbons (Fsp3) is 0.421. The summed E-state index contributed by atoms with van der Waals surface area (Å²) in [5, 5.41) is 3.12. The van der Waals surface area contributed by atoms with Crippen LogP contribution in [0.3, 0.4) is 0 Å². The van der Waals surface area contributed by atoms with Crippen molar-refractivity contribution in [3.8, 4) is 0 Å². The molecule has 1 aliphatic carbocycles. The largest absolute Gasteiger partial charge is 0.352 e. The van der Waals surface area contributed by atoms with Gasteiger partial charge in [-0.15, -0.1) is 0 Å². The van der Waals surface area contributed by atoms with E-state index in [9.17, 15) is 9.59 Å². The molecule has 0 aromatic carbocycles. The molecule has 1 N–H and O–H groups in total. The number of hydrogen-bond acceptors (Lipinski definition) is 3. The van der Waals surface area contributed by atoms with Gasteiger partial charge in [-0.25, -0.2) is 4.98 Å². The molecule has 1 saturated carbocycles. The third-order valence-electron chi connectivity index (χ3n) is 5.25. The van der Waals surface area contributed by atoms with Crippen molar-refractivity contribution in [3.05, 3.63) is 47.0 Å². The zero-order chi connectivity index (χ0) is 17.4. The van der Waals surface area contributed by atoms with E-state index in [2.05, 4.69) is 17.2 Å². The second-order valence-electron chi connectivity index (χ2n) is 6.94. The van der Waals surface area contributed by atoms with Crippen molar-refractivity contribution in [3.63, 3.8) is 0 Å². The Balaban J connectivity index is 1.69. The zero-order valence-electron chi connectivity index (χ0n) is 14.3. The molecule has 0 bridgehead atoms. The number of rotatable bonds is 3. The predicted octanol–water partition coefficient (Wildman–Crippen LogP) is 2.34. The highest BCUT2D eigenvalue weighted by atomic mass is 16.2.